The highest BCUT2D eigenvalue weighted by molar-refractivity contribution is 7.99. The second kappa shape index (κ2) is 8.00. The minimum absolute atomic E-state index is 0.0129. The number of benzene rings is 1. The molecule has 9 heteroatoms. The van der Waals surface area contributed by atoms with E-state index in [-0.39, 0.29) is 11.0 Å². The van der Waals surface area contributed by atoms with Gasteiger partial charge in [0, 0.05) is 34.7 Å². The van der Waals surface area contributed by atoms with Crippen LogP contribution in [0.1, 0.15) is 11.4 Å². The van der Waals surface area contributed by atoms with Gasteiger partial charge in [-0.05, 0) is 23.4 Å². The Morgan fingerprint density at radius 2 is 1.86 bits per heavy atom. The number of aryl methyl sites for hydroxylation is 1. The number of hydrogen-bond acceptors (Lipinski definition) is 6. The van der Waals surface area contributed by atoms with E-state index in [1.807, 2.05) is 30.5 Å². The van der Waals surface area contributed by atoms with Crippen molar-refractivity contribution in [3.05, 3.63) is 65.4 Å². The summed E-state index contributed by atoms with van der Waals surface area (Å²) in [5, 5.41) is 3.24. The molecule has 0 radical (unpaired) electrons. The van der Waals surface area contributed by atoms with Gasteiger partial charge in [-0.2, -0.15) is 13.2 Å². The minimum Gasteiger partial charge on any atom is -0.384 e. The Hall–Kier alpha value is -2.65. The molecule has 0 aliphatic carbocycles. The zero-order valence-electron chi connectivity index (χ0n) is 15.0. The van der Waals surface area contributed by atoms with E-state index in [9.17, 15) is 13.2 Å². The molecule has 4 aromatic rings. The molecular weight excluding hydrogens is 417 g/mol. The molecule has 0 unspecified atom stereocenters. The highest BCUT2D eigenvalue weighted by Gasteiger charge is 2.33. The Morgan fingerprint density at radius 1 is 1.07 bits per heavy atom. The maximum Gasteiger partial charge on any atom is 0.433 e. The molecule has 3 aromatic heterocycles. The maximum absolute atomic E-state index is 12.9. The number of pyridine rings is 1. The number of halogens is 3. The van der Waals surface area contributed by atoms with Crippen LogP contribution in [0.25, 0.3) is 21.2 Å². The van der Waals surface area contributed by atoms with Crippen LogP contribution in [0.5, 0.6) is 0 Å². The van der Waals surface area contributed by atoms with Crippen molar-refractivity contribution in [2.75, 3.05) is 11.5 Å². The van der Waals surface area contributed by atoms with E-state index in [4.69, 9.17) is 5.73 Å². The number of thiophene rings is 1. The molecule has 0 fully saturated rings. The number of aromatic nitrogens is 3. The topological polar surface area (TPSA) is 64.7 Å². The molecule has 4 nitrogen and oxygen atoms in total. The summed E-state index contributed by atoms with van der Waals surface area (Å²) >= 11 is 2.76. The average Bonchev–Trinajstić information content (AvgIpc) is 3.11. The van der Waals surface area contributed by atoms with E-state index < -0.39 is 11.9 Å². The molecule has 0 aliphatic heterocycles. The van der Waals surface area contributed by atoms with Gasteiger partial charge in [0.05, 0.1) is 4.70 Å². The number of fused-ring (bicyclic) bond motifs is 1. The van der Waals surface area contributed by atoms with Gasteiger partial charge in [-0.15, -0.1) is 11.3 Å². The van der Waals surface area contributed by atoms with Crippen LogP contribution in [0.15, 0.2) is 59.2 Å². The SMILES string of the molecule is Nc1cc(C(F)(F)F)nc(SCCc2cc3c(-c4ccccc4)csc3cn2)n1. The van der Waals surface area contributed by atoms with Gasteiger partial charge in [0.25, 0.3) is 0 Å². The summed E-state index contributed by atoms with van der Waals surface area (Å²) in [5.41, 5.74) is 7.60. The highest BCUT2D eigenvalue weighted by Crippen LogP contribution is 2.34. The van der Waals surface area contributed by atoms with Crippen molar-refractivity contribution < 1.29 is 13.2 Å². The molecule has 148 valence electrons. The van der Waals surface area contributed by atoms with Crippen LogP contribution in [-0.2, 0) is 12.6 Å². The Labute approximate surface area is 173 Å². The lowest BCUT2D eigenvalue weighted by atomic mass is 10.0. The third kappa shape index (κ3) is 4.51. The molecular formula is C20H15F3N4S2. The molecule has 0 aliphatic rings. The first-order chi connectivity index (χ1) is 13.9. The summed E-state index contributed by atoms with van der Waals surface area (Å²) in [6, 6.07) is 12.9. The normalized spacial score (nSPS) is 11.8. The predicted molar refractivity (Wildman–Crippen MR) is 111 cm³/mol. The monoisotopic (exact) mass is 432 g/mol. The van der Waals surface area contributed by atoms with E-state index >= 15 is 0 Å². The largest absolute Gasteiger partial charge is 0.433 e. The smallest absolute Gasteiger partial charge is 0.384 e. The quantitative estimate of drug-likeness (QED) is 0.324. The van der Waals surface area contributed by atoms with Gasteiger partial charge in [0.2, 0.25) is 0 Å². The number of nitrogens with zero attached hydrogens (tertiary/aromatic N) is 3. The summed E-state index contributed by atoms with van der Waals surface area (Å²) in [6.07, 6.45) is -2.14. The number of alkyl halides is 3. The summed E-state index contributed by atoms with van der Waals surface area (Å²) in [6.45, 7) is 0. The zero-order chi connectivity index (χ0) is 20.4. The van der Waals surface area contributed by atoms with Crippen molar-refractivity contribution in [3.8, 4) is 11.1 Å². The van der Waals surface area contributed by atoms with Crippen molar-refractivity contribution in [2.24, 2.45) is 0 Å². The van der Waals surface area contributed by atoms with Crippen molar-refractivity contribution in [1.29, 1.82) is 0 Å². The number of anilines is 1. The van der Waals surface area contributed by atoms with Crippen LogP contribution in [0.2, 0.25) is 0 Å². The molecule has 0 atom stereocenters. The highest BCUT2D eigenvalue weighted by atomic mass is 32.2. The summed E-state index contributed by atoms with van der Waals surface area (Å²) < 4.78 is 39.7. The third-order valence-electron chi connectivity index (χ3n) is 4.21. The van der Waals surface area contributed by atoms with Crippen LogP contribution in [-0.4, -0.2) is 20.7 Å². The zero-order valence-corrected chi connectivity index (χ0v) is 16.6. The first-order valence-corrected chi connectivity index (χ1v) is 10.5. The number of nitrogen functional groups attached to an aromatic ring is 1. The summed E-state index contributed by atoms with van der Waals surface area (Å²) in [7, 11) is 0. The second-order valence-electron chi connectivity index (χ2n) is 6.24. The van der Waals surface area contributed by atoms with Crippen molar-refractivity contribution in [1.82, 2.24) is 15.0 Å². The van der Waals surface area contributed by atoms with Gasteiger partial charge in [-0.25, -0.2) is 9.97 Å². The summed E-state index contributed by atoms with van der Waals surface area (Å²) in [4.78, 5) is 11.9. The van der Waals surface area contributed by atoms with E-state index in [1.54, 1.807) is 11.3 Å². The summed E-state index contributed by atoms with van der Waals surface area (Å²) in [5.74, 6) is 0.296. The minimum atomic E-state index is -4.55. The molecule has 2 N–H and O–H groups in total. The molecule has 0 bridgehead atoms. The Bertz CT molecular complexity index is 1140. The number of hydrogen-bond donors (Lipinski definition) is 1. The van der Waals surface area contributed by atoms with E-state index in [1.165, 1.54) is 0 Å². The lowest BCUT2D eigenvalue weighted by Crippen LogP contribution is -2.11. The van der Waals surface area contributed by atoms with Crippen molar-refractivity contribution >= 4 is 39.0 Å². The van der Waals surface area contributed by atoms with Gasteiger partial charge in [0.1, 0.15) is 5.82 Å². The molecule has 1 aromatic carbocycles. The van der Waals surface area contributed by atoms with Crippen LogP contribution in [0, 0.1) is 0 Å². The molecule has 3 heterocycles. The lowest BCUT2D eigenvalue weighted by molar-refractivity contribution is -0.141. The van der Waals surface area contributed by atoms with Crippen LogP contribution >= 0.6 is 23.1 Å². The fourth-order valence-corrected chi connectivity index (χ4v) is 4.60. The maximum atomic E-state index is 12.9. The number of nitrogens with two attached hydrogens (primary N) is 1. The fraction of sp³-hybridized carbons (Fsp3) is 0.150. The standard InChI is InChI=1S/C20H15F3N4S2/c21-20(22,23)17-9-18(24)27-19(26-17)28-7-6-13-8-14-15(11-29-16(14)10-25-13)12-4-2-1-3-5-12/h1-5,8-11H,6-7H2,(H2,24,26,27). The number of rotatable bonds is 5. The molecule has 0 amide bonds. The van der Waals surface area contributed by atoms with Gasteiger partial charge in [0.15, 0.2) is 10.9 Å². The van der Waals surface area contributed by atoms with Crippen molar-refractivity contribution in [2.45, 2.75) is 17.8 Å². The molecule has 0 saturated carbocycles. The second-order valence-corrected chi connectivity index (χ2v) is 8.22. The van der Waals surface area contributed by atoms with Crippen LogP contribution in [0.3, 0.4) is 0 Å². The first-order valence-electron chi connectivity index (χ1n) is 8.66. The molecule has 4 rings (SSSR count). The van der Waals surface area contributed by atoms with Gasteiger partial charge >= 0.3 is 6.18 Å². The van der Waals surface area contributed by atoms with E-state index in [2.05, 4.69) is 32.5 Å². The van der Waals surface area contributed by atoms with Gasteiger partial charge < -0.3 is 5.73 Å². The molecule has 0 saturated heterocycles. The van der Waals surface area contributed by atoms with Crippen molar-refractivity contribution in [3.63, 3.8) is 0 Å². The average molecular weight is 432 g/mol. The lowest BCUT2D eigenvalue weighted by Gasteiger charge is -2.08. The Balaban J connectivity index is 1.50. The molecule has 29 heavy (non-hydrogen) atoms. The van der Waals surface area contributed by atoms with Crippen LogP contribution < -0.4 is 5.73 Å². The third-order valence-corrected chi connectivity index (χ3v) is 5.99. The predicted octanol–water partition coefficient (Wildman–Crippen LogP) is 5.69. The Kier molecular flexibility index (Phi) is 5.42. The first kappa shape index (κ1) is 19.7. The molecule has 0 spiro atoms. The van der Waals surface area contributed by atoms with Gasteiger partial charge in [-0.3, -0.25) is 4.98 Å². The van der Waals surface area contributed by atoms with Gasteiger partial charge in [-0.1, -0.05) is 42.1 Å². The van der Waals surface area contributed by atoms with E-state index in [0.717, 1.165) is 44.7 Å². The number of thioether (sulfide) groups is 1. The Morgan fingerprint density at radius 3 is 2.62 bits per heavy atom. The fourth-order valence-electron chi connectivity index (χ4n) is 2.85. The van der Waals surface area contributed by atoms with Crippen LogP contribution in [0.4, 0.5) is 19.0 Å². The van der Waals surface area contributed by atoms with E-state index in [0.29, 0.717) is 12.2 Å².